The Kier molecular flexibility index (Phi) is 3.23. The second-order valence-electron chi connectivity index (χ2n) is 3.62. The van der Waals surface area contributed by atoms with Gasteiger partial charge in [0.05, 0.1) is 12.5 Å². The third kappa shape index (κ3) is 2.21. The van der Waals surface area contributed by atoms with Crippen molar-refractivity contribution < 1.29 is 9.53 Å². The van der Waals surface area contributed by atoms with Gasteiger partial charge in [0, 0.05) is 4.88 Å². The summed E-state index contributed by atoms with van der Waals surface area (Å²) >= 11 is 1.63. The van der Waals surface area contributed by atoms with Gasteiger partial charge in [0.25, 0.3) is 0 Å². The molecule has 2 aromatic heterocycles. The van der Waals surface area contributed by atoms with Crippen LogP contribution in [0.5, 0.6) is 0 Å². The Morgan fingerprint density at radius 2 is 2.24 bits per heavy atom. The third-order valence-electron chi connectivity index (χ3n) is 2.59. The van der Waals surface area contributed by atoms with E-state index >= 15 is 0 Å². The van der Waals surface area contributed by atoms with Gasteiger partial charge in [-0.3, -0.25) is 4.79 Å². The van der Waals surface area contributed by atoms with Crippen molar-refractivity contribution in [2.75, 3.05) is 19.0 Å². The molecule has 0 unspecified atom stereocenters. The topological polar surface area (TPSA) is 64.1 Å². The Labute approximate surface area is 103 Å². The molecule has 2 rings (SSSR count). The van der Waals surface area contributed by atoms with Crippen molar-refractivity contribution in [2.45, 2.75) is 13.8 Å². The van der Waals surface area contributed by atoms with Crippen molar-refractivity contribution in [3.63, 3.8) is 0 Å². The van der Waals surface area contributed by atoms with Gasteiger partial charge >= 0.3 is 5.97 Å². The third-order valence-corrected chi connectivity index (χ3v) is 3.71. The van der Waals surface area contributed by atoms with Crippen LogP contribution in [0.3, 0.4) is 0 Å². The lowest BCUT2D eigenvalue weighted by molar-refractivity contribution is -0.138. The summed E-state index contributed by atoms with van der Waals surface area (Å²) in [6, 6.07) is 0. The number of carbonyl (C=O) groups excluding carboxylic acids is 1. The Morgan fingerprint density at radius 3 is 2.94 bits per heavy atom. The van der Waals surface area contributed by atoms with Crippen LogP contribution >= 0.6 is 11.3 Å². The number of rotatable bonds is 3. The molecule has 0 saturated heterocycles. The average Bonchev–Trinajstić information content (AvgIpc) is 2.63. The first-order valence-electron chi connectivity index (χ1n) is 5.15. The summed E-state index contributed by atoms with van der Waals surface area (Å²) in [6.45, 7) is 4.18. The van der Waals surface area contributed by atoms with Crippen LogP contribution in [0, 0.1) is 13.8 Å². The monoisotopic (exact) mass is 251 g/mol. The molecule has 0 amide bonds. The Hall–Kier alpha value is -1.69. The van der Waals surface area contributed by atoms with Gasteiger partial charge in [-0.05, 0) is 19.4 Å². The van der Waals surface area contributed by atoms with Gasteiger partial charge < -0.3 is 10.1 Å². The van der Waals surface area contributed by atoms with Gasteiger partial charge in [0.2, 0.25) is 0 Å². The van der Waals surface area contributed by atoms with Crippen molar-refractivity contribution in [3.8, 4) is 0 Å². The van der Waals surface area contributed by atoms with Crippen LogP contribution in [0.4, 0.5) is 5.82 Å². The zero-order valence-corrected chi connectivity index (χ0v) is 10.7. The minimum Gasteiger partial charge on any atom is -0.468 e. The summed E-state index contributed by atoms with van der Waals surface area (Å²) in [5, 5.41) is 3.96. The molecule has 17 heavy (non-hydrogen) atoms. The number of anilines is 1. The zero-order chi connectivity index (χ0) is 12.4. The van der Waals surface area contributed by atoms with Crippen molar-refractivity contribution in [1.29, 1.82) is 0 Å². The van der Waals surface area contributed by atoms with Crippen molar-refractivity contribution in [2.24, 2.45) is 0 Å². The predicted molar refractivity (Wildman–Crippen MR) is 67.4 cm³/mol. The highest BCUT2D eigenvalue weighted by Crippen LogP contribution is 2.32. The molecule has 0 bridgehead atoms. The largest absolute Gasteiger partial charge is 0.468 e. The molecule has 0 radical (unpaired) electrons. The number of thiophene rings is 1. The molecular weight excluding hydrogens is 238 g/mol. The second-order valence-corrected chi connectivity index (χ2v) is 4.82. The number of hydrogen-bond donors (Lipinski definition) is 1. The van der Waals surface area contributed by atoms with Crippen LogP contribution in [-0.4, -0.2) is 29.6 Å². The average molecular weight is 251 g/mol. The van der Waals surface area contributed by atoms with Crippen molar-refractivity contribution in [1.82, 2.24) is 9.97 Å². The normalized spacial score (nSPS) is 10.5. The molecule has 2 aromatic rings. The molecule has 6 heteroatoms. The summed E-state index contributed by atoms with van der Waals surface area (Å²) < 4.78 is 4.58. The number of nitrogens with zero attached hydrogens (tertiary/aromatic N) is 2. The van der Waals surface area contributed by atoms with E-state index in [1.54, 1.807) is 11.3 Å². The molecule has 1 N–H and O–H groups in total. The number of methoxy groups -OCH3 is 1. The molecule has 0 aromatic carbocycles. The smallest absolute Gasteiger partial charge is 0.325 e. The maximum atomic E-state index is 11.1. The highest BCUT2D eigenvalue weighted by Gasteiger charge is 2.12. The number of nitrogens with one attached hydrogen (secondary N) is 1. The maximum absolute atomic E-state index is 11.1. The van der Waals surface area contributed by atoms with E-state index in [2.05, 4.69) is 20.0 Å². The van der Waals surface area contributed by atoms with Crippen LogP contribution in [-0.2, 0) is 9.53 Å². The second kappa shape index (κ2) is 4.67. The van der Waals surface area contributed by atoms with Crippen molar-refractivity contribution >= 4 is 33.3 Å². The van der Waals surface area contributed by atoms with E-state index in [1.165, 1.54) is 18.3 Å². The van der Waals surface area contributed by atoms with Gasteiger partial charge in [-0.2, -0.15) is 0 Å². The van der Waals surface area contributed by atoms with E-state index in [0.717, 1.165) is 15.8 Å². The van der Waals surface area contributed by atoms with Gasteiger partial charge in [-0.15, -0.1) is 11.3 Å². The lowest BCUT2D eigenvalue weighted by atomic mass is 10.2. The summed E-state index contributed by atoms with van der Waals surface area (Å²) in [6.07, 6.45) is 1.50. The number of hydrogen-bond acceptors (Lipinski definition) is 6. The molecule has 0 aliphatic heterocycles. The molecule has 0 fully saturated rings. The minimum atomic E-state index is -0.318. The number of carbonyl (C=O) groups is 1. The Morgan fingerprint density at radius 1 is 1.47 bits per heavy atom. The van der Waals surface area contributed by atoms with Crippen LogP contribution < -0.4 is 5.32 Å². The molecule has 5 nitrogen and oxygen atoms in total. The number of aromatic nitrogens is 2. The summed E-state index contributed by atoms with van der Waals surface area (Å²) in [4.78, 5) is 21.6. The van der Waals surface area contributed by atoms with E-state index in [4.69, 9.17) is 0 Å². The highest BCUT2D eigenvalue weighted by atomic mass is 32.1. The van der Waals surface area contributed by atoms with Gasteiger partial charge in [-0.25, -0.2) is 9.97 Å². The van der Waals surface area contributed by atoms with E-state index in [1.807, 2.05) is 13.8 Å². The van der Waals surface area contributed by atoms with Crippen molar-refractivity contribution in [3.05, 3.63) is 16.8 Å². The number of fused-ring (bicyclic) bond motifs is 1. The first kappa shape index (κ1) is 11.8. The lowest BCUT2D eigenvalue weighted by Crippen LogP contribution is -2.15. The quantitative estimate of drug-likeness (QED) is 0.844. The Balaban J connectivity index is 2.37. The minimum absolute atomic E-state index is 0.108. The molecule has 90 valence electrons. The number of aryl methyl sites for hydroxylation is 2. The van der Waals surface area contributed by atoms with E-state index in [-0.39, 0.29) is 12.5 Å². The van der Waals surface area contributed by atoms with E-state index < -0.39 is 0 Å². The molecule has 0 atom stereocenters. The van der Waals surface area contributed by atoms with E-state index in [0.29, 0.717) is 5.82 Å². The van der Waals surface area contributed by atoms with Crippen LogP contribution in [0.1, 0.15) is 10.4 Å². The Bertz CT molecular complexity index is 565. The summed E-state index contributed by atoms with van der Waals surface area (Å²) in [5.41, 5.74) is 1.15. The van der Waals surface area contributed by atoms with E-state index in [9.17, 15) is 4.79 Å². The van der Waals surface area contributed by atoms with Gasteiger partial charge in [-0.1, -0.05) is 0 Å². The molecule has 2 heterocycles. The first-order valence-corrected chi connectivity index (χ1v) is 5.96. The number of ether oxygens (including phenoxy) is 1. The molecule has 0 spiro atoms. The fraction of sp³-hybridized carbons (Fsp3) is 0.364. The molecule has 0 aliphatic rings. The molecular formula is C11H13N3O2S. The fourth-order valence-electron chi connectivity index (χ4n) is 1.54. The molecule has 0 aliphatic carbocycles. The summed E-state index contributed by atoms with van der Waals surface area (Å²) in [7, 11) is 1.36. The van der Waals surface area contributed by atoms with Crippen LogP contribution in [0.15, 0.2) is 6.33 Å². The van der Waals surface area contributed by atoms with Gasteiger partial charge in [0.15, 0.2) is 0 Å². The molecule has 0 saturated carbocycles. The lowest BCUT2D eigenvalue weighted by Gasteiger charge is -2.05. The highest BCUT2D eigenvalue weighted by molar-refractivity contribution is 7.18. The first-order chi connectivity index (χ1) is 8.13. The SMILES string of the molecule is COC(=O)CNc1ncnc2sc(C)c(C)c12. The van der Waals surface area contributed by atoms with Gasteiger partial charge in [0.1, 0.15) is 23.5 Å². The fourth-order valence-corrected chi connectivity index (χ4v) is 2.54. The summed E-state index contributed by atoms with van der Waals surface area (Å²) in [5.74, 6) is 0.364. The zero-order valence-electron chi connectivity index (χ0n) is 9.90. The standard InChI is InChI=1S/C11H13N3O2S/c1-6-7(2)17-11-9(6)10(13-5-14-11)12-4-8(15)16-3/h5H,4H2,1-3H3,(H,12,13,14). The number of esters is 1. The van der Waals surface area contributed by atoms with Crippen LogP contribution in [0.25, 0.3) is 10.2 Å². The predicted octanol–water partition coefficient (Wildman–Crippen LogP) is 1.89. The maximum Gasteiger partial charge on any atom is 0.325 e. The van der Waals surface area contributed by atoms with Crippen LogP contribution in [0.2, 0.25) is 0 Å².